The summed E-state index contributed by atoms with van der Waals surface area (Å²) in [5.41, 5.74) is 1.86. The average Bonchev–Trinajstić information content (AvgIpc) is 3.24. The monoisotopic (exact) mass is 364 g/mol. The molecule has 27 heavy (non-hydrogen) atoms. The van der Waals surface area contributed by atoms with E-state index < -0.39 is 0 Å². The van der Waals surface area contributed by atoms with E-state index in [0.29, 0.717) is 25.2 Å². The Morgan fingerprint density at radius 3 is 2.74 bits per heavy atom. The molecule has 3 heterocycles. The summed E-state index contributed by atoms with van der Waals surface area (Å²) in [5, 5.41) is 8.97. The van der Waals surface area contributed by atoms with Crippen LogP contribution in [0.2, 0.25) is 0 Å². The Hall–Kier alpha value is -2.96. The van der Waals surface area contributed by atoms with Crippen LogP contribution in [0.25, 0.3) is 17.1 Å². The van der Waals surface area contributed by atoms with Gasteiger partial charge in [0, 0.05) is 38.5 Å². The summed E-state index contributed by atoms with van der Waals surface area (Å²) >= 11 is 0. The number of aromatic nitrogens is 5. The summed E-state index contributed by atoms with van der Waals surface area (Å²) in [7, 11) is 1.88. The van der Waals surface area contributed by atoms with Crippen molar-refractivity contribution in [1.82, 2.24) is 29.4 Å². The summed E-state index contributed by atoms with van der Waals surface area (Å²) in [5.74, 6) is 1.79. The van der Waals surface area contributed by atoms with Gasteiger partial charge in [-0.1, -0.05) is 36.8 Å². The standard InChI is InChI=1S/C20H24N6O/c1-24-15-17(14-21-24)26-18(11-13-25-12-7-3-6-10-19(25)27)22-20(23-26)16-8-4-2-5-9-16/h2,4-5,8-9,14-15H,3,6-7,10-13H2,1H3. The lowest BCUT2D eigenvalue weighted by Crippen LogP contribution is -2.32. The summed E-state index contributed by atoms with van der Waals surface area (Å²) in [6.45, 7) is 1.51. The van der Waals surface area contributed by atoms with E-state index >= 15 is 0 Å². The van der Waals surface area contributed by atoms with Gasteiger partial charge in [-0.25, -0.2) is 9.67 Å². The van der Waals surface area contributed by atoms with Crippen LogP contribution >= 0.6 is 0 Å². The summed E-state index contributed by atoms with van der Waals surface area (Å²) in [4.78, 5) is 19.0. The Morgan fingerprint density at radius 1 is 1.11 bits per heavy atom. The second-order valence-corrected chi connectivity index (χ2v) is 6.94. The fraction of sp³-hybridized carbons (Fsp3) is 0.400. The van der Waals surface area contributed by atoms with Crippen LogP contribution in [0.5, 0.6) is 0 Å². The fourth-order valence-electron chi connectivity index (χ4n) is 3.45. The molecule has 140 valence electrons. The van der Waals surface area contributed by atoms with E-state index in [2.05, 4.69) is 5.10 Å². The largest absolute Gasteiger partial charge is 0.342 e. The molecule has 0 aliphatic carbocycles. The number of amides is 1. The van der Waals surface area contributed by atoms with Gasteiger partial charge in [0.2, 0.25) is 5.91 Å². The first-order valence-electron chi connectivity index (χ1n) is 9.49. The van der Waals surface area contributed by atoms with Crippen LogP contribution in [0.4, 0.5) is 0 Å². The van der Waals surface area contributed by atoms with E-state index in [0.717, 1.165) is 42.9 Å². The number of carbonyl (C=O) groups excluding carboxylic acids is 1. The van der Waals surface area contributed by atoms with Gasteiger partial charge in [-0.05, 0) is 12.8 Å². The summed E-state index contributed by atoms with van der Waals surface area (Å²) in [6, 6.07) is 9.95. The summed E-state index contributed by atoms with van der Waals surface area (Å²) in [6.07, 6.45) is 8.24. The number of nitrogens with zero attached hydrogens (tertiary/aromatic N) is 6. The van der Waals surface area contributed by atoms with Gasteiger partial charge in [0.05, 0.1) is 12.4 Å². The van der Waals surface area contributed by atoms with E-state index in [1.54, 1.807) is 10.9 Å². The van der Waals surface area contributed by atoms with Crippen molar-refractivity contribution in [3.05, 3.63) is 48.5 Å². The predicted molar refractivity (Wildman–Crippen MR) is 102 cm³/mol. The van der Waals surface area contributed by atoms with Crippen molar-refractivity contribution < 1.29 is 4.79 Å². The van der Waals surface area contributed by atoms with Crippen molar-refractivity contribution in [2.45, 2.75) is 32.1 Å². The van der Waals surface area contributed by atoms with E-state index in [9.17, 15) is 4.79 Å². The molecule has 3 aromatic rings. The molecule has 1 saturated heterocycles. The third-order valence-corrected chi connectivity index (χ3v) is 4.92. The van der Waals surface area contributed by atoms with Gasteiger partial charge in [-0.3, -0.25) is 9.48 Å². The van der Waals surface area contributed by atoms with Crippen LogP contribution in [0.3, 0.4) is 0 Å². The van der Waals surface area contributed by atoms with E-state index in [1.165, 1.54) is 0 Å². The van der Waals surface area contributed by atoms with Gasteiger partial charge in [0.1, 0.15) is 11.5 Å². The number of carbonyl (C=O) groups is 1. The molecule has 2 aromatic heterocycles. The maximum Gasteiger partial charge on any atom is 0.222 e. The Morgan fingerprint density at radius 2 is 1.96 bits per heavy atom. The molecule has 7 nitrogen and oxygen atoms in total. The van der Waals surface area contributed by atoms with Crippen LogP contribution < -0.4 is 0 Å². The highest BCUT2D eigenvalue weighted by atomic mass is 16.2. The minimum absolute atomic E-state index is 0.253. The van der Waals surface area contributed by atoms with Crippen molar-refractivity contribution in [3.63, 3.8) is 0 Å². The highest BCUT2D eigenvalue weighted by molar-refractivity contribution is 5.76. The van der Waals surface area contributed by atoms with Gasteiger partial charge in [0.25, 0.3) is 0 Å². The maximum atomic E-state index is 12.3. The smallest absolute Gasteiger partial charge is 0.222 e. The average molecular weight is 364 g/mol. The van der Waals surface area contributed by atoms with E-state index in [4.69, 9.17) is 10.1 Å². The lowest BCUT2D eigenvalue weighted by Gasteiger charge is -2.20. The predicted octanol–water partition coefficient (Wildman–Crippen LogP) is 2.61. The summed E-state index contributed by atoms with van der Waals surface area (Å²) < 4.78 is 3.60. The number of likely N-dealkylation sites (tertiary alicyclic amines) is 1. The molecule has 7 heteroatoms. The molecular weight excluding hydrogens is 340 g/mol. The molecule has 0 spiro atoms. The Labute approximate surface area is 158 Å². The molecule has 0 unspecified atom stereocenters. The highest BCUT2D eigenvalue weighted by Gasteiger charge is 2.19. The Kier molecular flexibility index (Phi) is 5.00. The minimum Gasteiger partial charge on any atom is -0.342 e. The third-order valence-electron chi connectivity index (χ3n) is 4.92. The quantitative estimate of drug-likeness (QED) is 0.698. The van der Waals surface area contributed by atoms with Crippen LogP contribution in [-0.4, -0.2) is 48.4 Å². The van der Waals surface area contributed by atoms with Crippen LogP contribution in [-0.2, 0) is 18.3 Å². The van der Waals surface area contributed by atoms with Gasteiger partial charge < -0.3 is 4.90 Å². The zero-order chi connectivity index (χ0) is 18.6. The molecule has 0 bridgehead atoms. The van der Waals surface area contributed by atoms with Gasteiger partial charge in [-0.15, -0.1) is 5.10 Å². The molecule has 1 aliphatic heterocycles. The molecule has 1 fully saturated rings. The van der Waals surface area contributed by atoms with Crippen molar-refractivity contribution in [3.8, 4) is 17.1 Å². The molecule has 4 rings (SSSR count). The van der Waals surface area contributed by atoms with Crippen molar-refractivity contribution in [2.75, 3.05) is 13.1 Å². The lowest BCUT2D eigenvalue weighted by molar-refractivity contribution is -0.130. The first kappa shape index (κ1) is 17.5. The van der Waals surface area contributed by atoms with Crippen molar-refractivity contribution in [1.29, 1.82) is 0 Å². The van der Waals surface area contributed by atoms with Crippen LogP contribution in [0.1, 0.15) is 31.5 Å². The molecule has 0 N–H and O–H groups in total. The molecule has 1 aromatic carbocycles. The maximum absolute atomic E-state index is 12.3. The first-order chi connectivity index (χ1) is 13.2. The van der Waals surface area contributed by atoms with Crippen molar-refractivity contribution in [2.24, 2.45) is 7.05 Å². The number of hydrogen-bond acceptors (Lipinski definition) is 4. The van der Waals surface area contributed by atoms with Crippen LogP contribution in [0.15, 0.2) is 42.7 Å². The van der Waals surface area contributed by atoms with E-state index in [-0.39, 0.29) is 5.91 Å². The number of hydrogen-bond donors (Lipinski definition) is 0. The van der Waals surface area contributed by atoms with Crippen molar-refractivity contribution >= 4 is 5.91 Å². The normalized spacial score (nSPS) is 15.1. The number of benzene rings is 1. The van der Waals surface area contributed by atoms with E-state index in [1.807, 2.05) is 53.2 Å². The first-order valence-corrected chi connectivity index (χ1v) is 9.49. The van der Waals surface area contributed by atoms with Gasteiger partial charge in [-0.2, -0.15) is 5.10 Å². The SMILES string of the molecule is Cn1cc(-n2nc(-c3ccccc3)nc2CCN2CCCCCC2=O)cn1. The molecule has 1 aliphatic rings. The molecule has 0 saturated carbocycles. The molecule has 0 atom stereocenters. The van der Waals surface area contributed by atoms with Gasteiger partial charge in [0.15, 0.2) is 5.82 Å². The number of rotatable bonds is 5. The third kappa shape index (κ3) is 3.92. The Balaban J connectivity index is 1.61. The lowest BCUT2D eigenvalue weighted by atomic mass is 10.2. The zero-order valence-electron chi connectivity index (χ0n) is 15.6. The molecular formula is C20H24N6O. The second kappa shape index (κ2) is 7.73. The molecule has 0 radical (unpaired) electrons. The fourth-order valence-corrected chi connectivity index (χ4v) is 3.45. The Bertz CT molecular complexity index is 914. The minimum atomic E-state index is 0.253. The highest BCUT2D eigenvalue weighted by Crippen LogP contribution is 2.19. The molecule has 1 amide bonds. The number of aryl methyl sites for hydroxylation is 1. The zero-order valence-corrected chi connectivity index (χ0v) is 15.6. The topological polar surface area (TPSA) is 68.8 Å². The van der Waals surface area contributed by atoms with Crippen LogP contribution in [0, 0.1) is 0 Å². The van der Waals surface area contributed by atoms with Gasteiger partial charge >= 0.3 is 0 Å². The second-order valence-electron chi connectivity index (χ2n) is 6.94.